The molecule has 1 saturated carbocycles. The molecule has 3 nitrogen and oxygen atoms in total. The topological polar surface area (TPSA) is 32.8 Å². The number of ether oxygens (including phenoxy) is 1. The first-order chi connectivity index (χ1) is 10.5. The molecule has 2 saturated heterocycles. The predicted octanol–water partition coefficient (Wildman–Crippen LogP) is 3.88. The lowest BCUT2D eigenvalue weighted by atomic mass is 9.69. The van der Waals surface area contributed by atoms with Crippen LogP contribution in [-0.2, 0) is 9.53 Å². The Bertz CT molecular complexity index is 576. The molecule has 1 aromatic carbocycles. The Morgan fingerprint density at radius 1 is 1.05 bits per heavy atom. The second-order valence-corrected chi connectivity index (χ2v) is 7.71. The van der Waals surface area contributed by atoms with Crippen LogP contribution in [0.4, 0.5) is 5.69 Å². The highest BCUT2D eigenvalue weighted by molar-refractivity contribution is 6.00. The van der Waals surface area contributed by atoms with Crippen LogP contribution in [0.5, 0.6) is 0 Å². The van der Waals surface area contributed by atoms with E-state index in [4.69, 9.17) is 4.74 Å². The Labute approximate surface area is 132 Å². The van der Waals surface area contributed by atoms with Gasteiger partial charge < -0.3 is 9.64 Å². The molecule has 0 unspecified atom stereocenters. The van der Waals surface area contributed by atoms with Crippen molar-refractivity contribution in [2.75, 3.05) is 18.1 Å². The summed E-state index contributed by atoms with van der Waals surface area (Å²) in [6.07, 6.45) is 5.16. The van der Waals surface area contributed by atoms with Gasteiger partial charge >= 0.3 is 0 Å². The Morgan fingerprint density at radius 3 is 2.23 bits per heavy atom. The average Bonchev–Trinajstić information content (AvgIpc) is 3.22. The molecule has 0 aromatic heterocycles. The van der Waals surface area contributed by atoms with Gasteiger partial charge in [-0.2, -0.15) is 0 Å². The van der Waals surface area contributed by atoms with E-state index in [-0.39, 0.29) is 11.0 Å². The summed E-state index contributed by atoms with van der Waals surface area (Å²) < 4.78 is 5.60. The minimum Gasteiger partial charge on any atom is -0.370 e. The first-order valence-electron chi connectivity index (χ1n) is 8.60. The van der Waals surface area contributed by atoms with Gasteiger partial charge in [0, 0.05) is 12.2 Å². The highest BCUT2D eigenvalue weighted by Gasteiger charge is 2.56. The predicted molar refractivity (Wildman–Crippen MR) is 87.1 cm³/mol. The van der Waals surface area contributed by atoms with Crippen molar-refractivity contribution in [1.82, 2.24) is 0 Å². The van der Waals surface area contributed by atoms with Crippen LogP contribution in [0.1, 0.15) is 57.4 Å². The zero-order chi connectivity index (χ0) is 15.4. The summed E-state index contributed by atoms with van der Waals surface area (Å²) in [4.78, 5) is 15.0. The maximum Gasteiger partial charge on any atom is 0.233 e. The second kappa shape index (κ2) is 4.82. The number of benzene rings is 1. The number of hydrogen-bond acceptors (Lipinski definition) is 2. The van der Waals surface area contributed by atoms with Gasteiger partial charge in [-0.15, -0.1) is 0 Å². The summed E-state index contributed by atoms with van der Waals surface area (Å²) in [5, 5.41) is 0. The van der Waals surface area contributed by atoms with Crippen molar-refractivity contribution < 1.29 is 9.53 Å². The summed E-state index contributed by atoms with van der Waals surface area (Å²) in [5.74, 6) is 0.878. The number of carbonyl (C=O) groups is 1. The van der Waals surface area contributed by atoms with E-state index in [1.807, 2.05) is 4.90 Å². The Kier molecular flexibility index (Phi) is 3.12. The lowest BCUT2D eigenvalue weighted by Crippen LogP contribution is -2.39. The summed E-state index contributed by atoms with van der Waals surface area (Å²) in [7, 11) is 0. The zero-order valence-corrected chi connectivity index (χ0v) is 13.6. The minimum absolute atomic E-state index is 0.103. The van der Waals surface area contributed by atoms with E-state index in [9.17, 15) is 4.79 Å². The van der Waals surface area contributed by atoms with Crippen LogP contribution in [0.25, 0.3) is 0 Å². The molecule has 2 aliphatic heterocycles. The van der Waals surface area contributed by atoms with Gasteiger partial charge in [0.1, 0.15) is 0 Å². The summed E-state index contributed by atoms with van der Waals surface area (Å²) >= 11 is 0. The van der Waals surface area contributed by atoms with Gasteiger partial charge in [-0.3, -0.25) is 4.79 Å². The van der Waals surface area contributed by atoms with E-state index in [2.05, 4.69) is 38.1 Å². The quantitative estimate of drug-likeness (QED) is 0.776. The number of amides is 1. The molecular formula is C19H25NO2. The molecular weight excluding hydrogens is 274 g/mol. The van der Waals surface area contributed by atoms with E-state index in [1.165, 1.54) is 5.56 Å². The van der Waals surface area contributed by atoms with Crippen LogP contribution in [0.3, 0.4) is 0 Å². The largest absolute Gasteiger partial charge is 0.370 e. The summed E-state index contributed by atoms with van der Waals surface area (Å²) in [5.41, 5.74) is 2.45. The number of hydrogen-bond donors (Lipinski definition) is 0. The average molecular weight is 299 g/mol. The van der Waals surface area contributed by atoms with Crippen molar-refractivity contribution in [2.45, 2.75) is 57.5 Å². The fourth-order valence-electron chi connectivity index (χ4n) is 4.14. The molecule has 2 spiro atoms. The summed E-state index contributed by atoms with van der Waals surface area (Å²) in [6.45, 7) is 6.18. The van der Waals surface area contributed by atoms with Gasteiger partial charge in [0.15, 0.2) is 0 Å². The van der Waals surface area contributed by atoms with Crippen LogP contribution in [0, 0.1) is 5.41 Å². The molecule has 22 heavy (non-hydrogen) atoms. The first kappa shape index (κ1) is 14.3. The zero-order valence-electron chi connectivity index (χ0n) is 13.6. The Morgan fingerprint density at radius 2 is 1.68 bits per heavy atom. The van der Waals surface area contributed by atoms with Crippen LogP contribution in [0.15, 0.2) is 24.3 Å². The molecule has 3 fully saturated rings. The number of epoxide rings is 1. The third kappa shape index (κ3) is 2.18. The van der Waals surface area contributed by atoms with Crippen molar-refractivity contribution in [2.24, 2.45) is 5.41 Å². The van der Waals surface area contributed by atoms with E-state index >= 15 is 0 Å². The molecule has 1 aromatic rings. The van der Waals surface area contributed by atoms with E-state index in [1.54, 1.807) is 0 Å². The highest BCUT2D eigenvalue weighted by Crippen LogP contribution is 2.53. The van der Waals surface area contributed by atoms with Crippen LogP contribution < -0.4 is 4.90 Å². The fourth-order valence-corrected chi connectivity index (χ4v) is 4.14. The molecule has 2 heterocycles. The van der Waals surface area contributed by atoms with Crippen molar-refractivity contribution in [3.8, 4) is 0 Å². The van der Waals surface area contributed by atoms with Crippen LogP contribution in [-0.4, -0.2) is 24.7 Å². The third-order valence-corrected chi connectivity index (χ3v) is 6.06. The van der Waals surface area contributed by atoms with Crippen molar-refractivity contribution >= 4 is 11.6 Å². The number of nitrogens with zero attached hydrogens (tertiary/aromatic N) is 1. The molecule has 0 bridgehead atoms. The fraction of sp³-hybridized carbons (Fsp3) is 0.632. The molecule has 1 aliphatic carbocycles. The molecule has 1 amide bonds. The van der Waals surface area contributed by atoms with Gasteiger partial charge in [0.25, 0.3) is 0 Å². The highest BCUT2D eigenvalue weighted by atomic mass is 16.6. The lowest BCUT2D eigenvalue weighted by Gasteiger charge is -2.34. The minimum atomic E-state index is -0.103. The van der Waals surface area contributed by atoms with Crippen molar-refractivity contribution in [1.29, 1.82) is 0 Å². The standard InChI is InChI=1S/C19H25NO2/c1-14(2)15-3-5-16(6-4-15)20-12-11-18(17(20)21)7-9-19(10-8-18)13-22-19/h3-6,14H,7-13H2,1-2H3/t18-,19+. The monoisotopic (exact) mass is 299 g/mol. The molecule has 3 heteroatoms. The molecule has 0 N–H and O–H groups in total. The lowest BCUT2D eigenvalue weighted by molar-refractivity contribution is -0.127. The maximum atomic E-state index is 13.0. The van der Waals surface area contributed by atoms with E-state index < -0.39 is 0 Å². The molecule has 0 atom stereocenters. The van der Waals surface area contributed by atoms with Gasteiger partial charge in [-0.1, -0.05) is 26.0 Å². The molecule has 118 valence electrons. The van der Waals surface area contributed by atoms with Crippen LogP contribution >= 0.6 is 0 Å². The number of carbonyl (C=O) groups excluding carboxylic acids is 1. The normalized spacial score (nSPS) is 34.1. The second-order valence-electron chi connectivity index (χ2n) is 7.71. The van der Waals surface area contributed by atoms with Crippen molar-refractivity contribution in [3.05, 3.63) is 29.8 Å². The van der Waals surface area contributed by atoms with Crippen molar-refractivity contribution in [3.63, 3.8) is 0 Å². The van der Waals surface area contributed by atoms with E-state index in [0.29, 0.717) is 11.8 Å². The SMILES string of the molecule is CC(C)c1ccc(N2CC[C@]3(CC[C@]4(CC3)CO4)C2=O)cc1. The smallest absolute Gasteiger partial charge is 0.233 e. The summed E-state index contributed by atoms with van der Waals surface area (Å²) in [6, 6.07) is 8.54. The van der Waals surface area contributed by atoms with Crippen LogP contribution in [0.2, 0.25) is 0 Å². The Hall–Kier alpha value is -1.35. The Balaban J connectivity index is 1.51. The molecule has 4 rings (SSSR count). The first-order valence-corrected chi connectivity index (χ1v) is 8.60. The van der Waals surface area contributed by atoms with Gasteiger partial charge in [-0.05, 0) is 55.7 Å². The number of anilines is 1. The molecule has 0 radical (unpaired) electrons. The number of rotatable bonds is 2. The third-order valence-electron chi connectivity index (χ3n) is 6.06. The van der Waals surface area contributed by atoms with Gasteiger partial charge in [-0.25, -0.2) is 0 Å². The van der Waals surface area contributed by atoms with E-state index in [0.717, 1.165) is 50.9 Å². The van der Waals surface area contributed by atoms with Gasteiger partial charge in [0.2, 0.25) is 5.91 Å². The van der Waals surface area contributed by atoms with Gasteiger partial charge in [0.05, 0.1) is 17.6 Å². The maximum absolute atomic E-state index is 13.0. The molecule has 3 aliphatic rings.